The number of thioether (sulfide) groups is 1. The Hall–Kier alpha value is -1.17. The number of aliphatic hydroxyl groups is 1. The summed E-state index contributed by atoms with van der Waals surface area (Å²) in [7, 11) is 0. The Morgan fingerprint density at radius 3 is 2.18 bits per heavy atom. The maximum absolute atomic E-state index is 9.90. The monoisotopic (exact) mass is 178 g/mol. The van der Waals surface area contributed by atoms with Crippen molar-refractivity contribution in [2.75, 3.05) is 5.75 Å². The van der Waals surface area contributed by atoms with Crippen molar-refractivity contribution >= 4 is 23.7 Å². The van der Waals surface area contributed by atoms with Gasteiger partial charge in [-0.1, -0.05) is 0 Å². The number of rotatable bonds is 4. The van der Waals surface area contributed by atoms with E-state index >= 15 is 0 Å². The summed E-state index contributed by atoms with van der Waals surface area (Å²) in [6, 6.07) is 0. The van der Waals surface area contributed by atoms with Crippen LogP contribution in [0.1, 0.15) is 0 Å². The minimum absolute atomic E-state index is 0.267. The van der Waals surface area contributed by atoms with Crippen LogP contribution in [0.25, 0.3) is 0 Å². The van der Waals surface area contributed by atoms with Crippen LogP contribution in [0, 0.1) is 0 Å². The Kier molecular flexibility index (Phi) is 4.12. The first-order chi connectivity index (χ1) is 5.04. The summed E-state index contributed by atoms with van der Waals surface area (Å²) in [5.74, 6) is -3.65. The fraction of sp³-hybridized carbons (Fsp3) is 0.200. The molecular formula is C5H6O5S. The van der Waals surface area contributed by atoms with E-state index in [0.29, 0.717) is 11.8 Å². The number of aliphatic carboxylic acids is 2. The van der Waals surface area contributed by atoms with Gasteiger partial charge < -0.3 is 15.3 Å². The highest BCUT2D eigenvalue weighted by Crippen LogP contribution is 2.04. The first kappa shape index (κ1) is 9.83. The Bertz CT molecular complexity index is 197. The van der Waals surface area contributed by atoms with Crippen molar-refractivity contribution in [2.45, 2.75) is 0 Å². The van der Waals surface area contributed by atoms with Crippen LogP contribution >= 0.6 is 11.8 Å². The Balaban J connectivity index is 3.74. The molecule has 0 rings (SSSR count). The summed E-state index contributed by atoms with van der Waals surface area (Å²) in [6.07, 6.45) is 0. The predicted molar refractivity (Wildman–Crippen MR) is 38.4 cm³/mol. The van der Waals surface area contributed by atoms with Crippen molar-refractivity contribution in [2.24, 2.45) is 0 Å². The van der Waals surface area contributed by atoms with Crippen LogP contribution < -0.4 is 0 Å². The number of carboxylic acid groups (broad SMARTS) is 2. The highest BCUT2D eigenvalue weighted by molar-refractivity contribution is 8.02. The molecule has 0 saturated carbocycles. The molecule has 0 saturated heterocycles. The first-order valence-electron chi connectivity index (χ1n) is 2.50. The first-order valence-corrected chi connectivity index (χ1v) is 3.54. The van der Waals surface area contributed by atoms with Crippen LogP contribution in [0.2, 0.25) is 0 Å². The van der Waals surface area contributed by atoms with Gasteiger partial charge in [0.2, 0.25) is 5.76 Å². The van der Waals surface area contributed by atoms with Gasteiger partial charge in [-0.15, -0.1) is 11.8 Å². The third kappa shape index (κ3) is 5.28. The molecule has 0 unspecified atom stereocenters. The molecule has 11 heavy (non-hydrogen) atoms. The topological polar surface area (TPSA) is 94.8 Å². The molecule has 0 aromatic carbocycles. The van der Waals surface area contributed by atoms with Crippen LogP contribution in [0.3, 0.4) is 0 Å². The molecule has 0 amide bonds. The van der Waals surface area contributed by atoms with E-state index in [1.165, 1.54) is 0 Å². The minimum atomic E-state index is -1.47. The third-order valence-electron chi connectivity index (χ3n) is 0.621. The summed E-state index contributed by atoms with van der Waals surface area (Å²) in [6.45, 7) is 0. The zero-order valence-corrected chi connectivity index (χ0v) is 6.17. The van der Waals surface area contributed by atoms with E-state index in [1.54, 1.807) is 0 Å². The predicted octanol–water partition coefficient (Wildman–Crippen LogP) is 0.288. The third-order valence-corrected chi connectivity index (χ3v) is 1.42. The van der Waals surface area contributed by atoms with Gasteiger partial charge in [-0.25, -0.2) is 4.79 Å². The van der Waals surface area contributed by atoms with Crippen LogP contribution in [0.5, 0.6) is 0 Å². The highest BCUT2D eigenvalue weighted by Gasteiger charge is 2.03. The summed E-state index contributed by atoms with van der Waals surface area (Å²) in [4.78, 5) is 19.8. The van der Waals surface area contributed by atoms with Crippen LogP contribution in [-0.2, 0) is 9.59 Å². The molecule has 0 spiro atoms. The normalized spacial score (nSPS) is 11.1. The minimum Gasteiger partial charge on any atom is -0.501 e. The molecular weight excluding hydrogens is 172 g/mol. The SMILES string of the molecule is O=C(O)CS/C=C(/O)C(=O)O. The van der Waals surface area contributed by atoms with Gasteiger partial charge in [-0.3, -0.25) is 4.79 Å². The number of aliphatic hydroxyl groups excluding tert-OH is 1. The maximum Gasteiger partial charge on any atom is 0.371 e. The van der Waals surface area contributed by atoms with Gasteiger partial charge in [0.1, 0.15) is 0 Å². The zero-order chi connectivity index (χ0) is 8.85. The van der Waals surface area contributed by atoms with Gasteiger partial charge >= 0.3 is 11.9 Å². The molecule has 6 heteroatoms. The lowest BCUT2D eigenvalue weighted by Crippen LogP contribution is -2.00. The molecule has 62 valence electrons. The van der Waals surface area contributed by atoms with E-state index < -0.39 is 17.7 Å². The fourth-order valence-electron chi connectivity index (χ4n) is 0.242. The van der Waals surface area contributed by atoms with E-state index in [1.807, 2.05) is 0 Å². The zero-order valence-electron chi connectivity index (χ0n) is 5.35. The Morgan fingerprint density at radius 2 is 1.82 bits per heavy atom. The fourth-order valence-corrected chi connectivity index (χ4v) is 0.727. The molecule has 0 bridgehead atoms. The van der Waals surface area contributed by atoms with Gasteiger partial charge in [0.25, 0.3) is 0 Å². The van der Waals surface area contributed by atoms with E-state index in [0.717, 1.165) is 5.41 Å². The number of carboxylic acids is 2. The van der Waals surface area contributed by atoms with Crippen LogP contribution in [0.4, 0.5) is 0 Å². The number of hydrogen-bond donors (Lipinski definition) is 3. The molecule has 0 aromatic heterocycles. The van der Waals surface area contributed by atoms with Crippen molar-refractivity contribution < 1.29 is 24.9 Å². The molecule has 0 aliphatic carbocycles. The molecule has 0 aromatic rings. The highest BCUT2D eigenvalue weighted by atomic mass is 32.2. The molecule has 0 aliphatic heterocycles. The van der Waals surface area contributed by atoms with Gasteiger partial charge in [0.15, 0.2) is 0 Å². The quantitative estimate of drug-likeness (QED) is 0.423. The maximum atomic E-state index is 9.90. The van der Waals surface area contributed by atoms with Gasteiger partial charge in [-0.05, 0) is 0 Å². The van der Waals surface area contributed by atoms with Crippen molar-refractivity contribution in [3.8, 4) is 0 Å². The lowest BCUT2D eigenvalue weighted by atomic mass is 10.6. The van der Waals surface area contributed by atoms with Crippen molar-refractivity contribution in [1.82, 2.24) is 0 Å². The molecule has 0 heterocycles. The Morgan fingerprint density at radius 1 is 1.27 bits per heavy atom. The average Bonchev–Trinajstić information content (AvgIpc) is 1.86. The van der Waals surface area contributed by atoms with Crippen LogP contribution in [-0.4, -0.2) is 33.0 Å². The smallest absolute Gasteiger partial charge is 0.371 e. The van der Waals surface area contributed by atoms with Gasteiger partial charge in [-0.2, -0.15) is 0 Å². The second-order valence-corrected chi connectivity index (χ2v) is 2.37. The van der Waals surface area contributed by atoms with E-state index in [2.05, 4.69) is 0 Å². The average molecular weight is 178 g/mol. The molecule has 0 aliphatic rings. The van der Waals surface area contributed by atoms with Crippen molar-refractivity contribution in [3.63, 3.8) is 0 Å². The molecule has 0 radical (unpaired) electrons. The largest absolute Gasteiger partial charge is 0.501 e. The Labute approximate surface area is 66.3 Å². The van der Waals surface area contributed by atoms with Gasteiger partial charge in [0, 0.05) is 5.41 Å². The summed E-state index contributed by atoms with van der Waals surface area (Å²) in [5.41, 5.74) is 0. The van der Waals surface area contributed by atoms with E-state index in [4.69, 9.17) is 15.3 Å². The van der Waals surface area contributed by atoms with Gasteiger partial charge in [0.05, 0.1) is 5.75 Å². The molecule has 5 nitrogen and oxygen atoms in total. The summed E-state index contributed by atoms with van der Waals surface area (Å²) < 4.78 is 0. The lowest BCUT2D eigenvalue weighted by molar-refractivity contribution is -0.136. The van der Waals surface area contributed by atoms with Crippen molar-refractivity contribution in [3.05, 3.63) is 11.2 Å². The van der Waals surface area contributed by atoms with Crippen molar-refractivity contribution in [1.29, 1.82) is 0 Å². The molecule has 0 atom stereocenters. The van der Waals surface area contributed by atoms with E-state index in [-0.39, 0.29) is 5.75 Å². The second-order valence-electron chi connectivity index (χ2n) is 1.51. The van der Waals surface area contributed by atoms with E-state index in [9.17, 15) is 9.59 Å². The number of carbonyl (C=O) groups is 2. The summed E-state index contributed by atoms with van der Waals surface area (Å²) in [5, 5.41) is 25.5. The lowest BCUT2D eigenvalue weighted by Gasteiger charge is -1.90. The van der Waals surface area contributed by atoms with Crippen LogP contribution in [0.15, 0.2) is 11.2 Å². The standard InChI is InChI=1S/C5H6O5S/c6-3(5(9)10)1-11-2-4(7)8/h1,6H,2H2,(H,7,8)(H,9,10)/b3-1+. The molecule has 0 fully saturated rings. The second kappa shape index (κ2) is 4.62. The number of hydrogen-bond acceptors (Lipinski definition) is 4. The molecule has 3 N–H and O–H groups in total. The summed E-state index contributed by atoms with van der Waals surface area (Å²) >= 11 is 0.705.